The molecule has 1 aliphatic rings. The zero-order valence-corrected chi connectivity index (χ0v) is 13.7. The van der Waals surface area contributed by atoms with E-state index < -0.39 is 0 Å². The van der Waals surface area contributed by atoms with Crippen molar-refractivity contribution in [2.24, 2.45) is 0 Å². The molecule has 110 valence electrons. The fourth-order valence-corrected chi connectivity index (χ4v) is 2.76. The number of nitrogens with one attached hydrogen (secondary N) is 2. The lowest BCUT2D eigenvalue weighted by molar-refractivity contribution is -0.116. The van der Waals surface area contributed by atoms with E-state index in [0.29, 0.717) is 42.1 Å². The molecule has 0 radical (unpaired) electrons. The quantitative estimate of drug-likeness (QED) is 0.780. The highest BCUT2D eigenvalue weighted by Gasteiger charge is 2.20. The SMILES string of the molecule is CCOc1c(Br)cc(Cl)cc1NC(=O)CCNC1CC1. The highest BCUT2D eigenvalue weighted by atomic mass is 79.9. The van der Waals surface area contributed by atoms with Gasteiger partial charge in [0.05, 0.1) is 16.8 Å². The van der Waals surface area contributed by atoms with Crippen molar-refractivity contribution >= 4 is 39.1 Å². The molecule has 1 saturated carbocycles. The largest absolute Gasteiger partial charge is 0.491 e. The fraction of sp³-hybridized carbons (Fsp3) is 0.500. The summed E-state index contributed by atoms with van der Waals surface area (Å²) in [7, 11) is 0. The van der Waals surface area contributed by atoms with E-state index in [2.05, 4.69) is 26.6 Å². The highest BCUT2D eigenvalue weighted by molar-refractivity contribution is 9.10. The zero-order valence-electron chi connectivity index (χ0n) is 11.3. The van der Waals surface area contributed by atoms with Gasteiger partial charge < -0.3 is 15.4 Å². The van der Waals surface area contributed by atoms with Crippen molar-refractivity contribution in [2.45, 2.75) is 32.2 Å². The molecule has 2 rings (SSSR count). The maximum Gasteiger partial charge on any atom is 0.225 e. The Hall–Kier alpha value is -0.780. The van der Waals surface area contributed by atoms with E-state index in [4.69, 9.17) is 16.3 Å². The number of carbonyl (C=O) groups excluding carboxylic acids is 1. The summed E-state index contributed by atoms with van der Waals surface area (Å²) in [6, 6.07) is 4.06. The number of anilines is 1. The Kier molecular flexibility index (Phi) is 5.69. The van der Waals surface area contributed by atoms with Gasteiger partial charge in [0.25, 0.3) is 0 Å². The first kappa shape index (κ1) is 15.6. The van der Waals surface area contributed by atoms with Gasteiger partial charge in [0.1, 0.15) is 0 Å². The second-order valence-electron chi connectivity index (χ2n) is 4.72. The Bertz CT molecular complexity index is 492. The van der Waals surface area contributed by atoms with Crippen LogP contribution in [0.3, 0.4) is 0 Å². The number of halogens is 2. The second-order valence-corrected chi connectivity index (χ2v) is 6.01. The number of ether oxygens (including phenoxy) is 1. The molecule has 0 unspecified atom stereocenters. The molecule has 0 bridgehead atoms. The Morgan fingerprint density at radius 3 is 2.90 bits per heavy atom. The van der Waals surface area contributed by atoms with E-state index in [0.717, 1.165) is 4.47 Å². The summed E-state index contributed by atoms with van der Waals surface area (Å²) in [5.74, 6) is 0.564. The molecule has 0 aromatic heterocycles. The summed E-state index contributed by atoms with van der Waals surface area (Å²) in [6.07, 6.45) is 2.88. The smallest absolute Gasteiger partial charge is 0.225 e. The van der Waals surface area contributed by atoms with E-state index in [1.165, 1.54) is 12.8 Å². The molecule has 0 aliphatic heterocycles. The van der Waals surface area contributed by atoms with Gasteiger partial charge in [0.15, 0.2) is 5.75 Å². The minimum atomic E-state index is -0.0479. The van der Waals surface area contributed by atoms with Crippen molar-refractivity contribution in [1.82, 2.24) is 5.32 Å². The van der Waals surface area contributed by atoms with Gasteiger partial charge in [-0.2, -0.15) is 0 Å². The van der Waals surface area contributed by atoms with E-state index in [-0.39, 0.29) is 5.91 Å². The van der Waals surface area contributed by atoms with Gasteiger partial charge in [-0.3, -0.25) is 4.79 Å². The predicted molar refractivity (Wildman–Crippen MR) is 84.6 cm³/mol. The maximum absolute atomic E-state index is 11.9. The van der Waals surface area contributed by atoms with Gasteiger partial charge in [0, 0.05) is 24.0 Å². The molecule has 6 heteroatoms. The van der Waals surface area contributed by atoms with Gasteiger partial charge in [-0.1, -0.05) is 11.6 Å². The number of hydrogen-bond acceptors (Lipinski definition) is 3. The van der Waals surface area contributed by atoms with Crippen molar-refractivity contribution in [2.75, 3.05) is 18.5 Å². The molecule has 1 aliphatic carbocycles. The van der Waals surface area contributed by atoms with E-state index in [9.17, 15) is 4.79 Å². The van der Waals surface area contributed by atoms with Crippen molar-refractivity contribution in [3.05, 3.63) is 21.6 Å². The van der Waals surface area contributed by atoms with Crippen LogP contribution in [-0.2, 0) is 4.79 Å². The molecule has 1 aromatic rings. The molecule has 2 N–H and O–H groups in total. The van der Waals surface area contributed by atoms with Crippen molar-refractivity contribution < 1.29 is 9.53 Å². The lowest BCUT2D eigenvalue weighted by Crippen LogP contribution is -2.23. The van der Waals surface area contributed by atoms with Crippen LogP contribution in [0.2, 0.25) is 5.02 Å². The highest BCUT2D eigenvalue weighted by Crippen LogP contribution is 2.36. The molecule has 0 atom stereocenters. The molecule has 0 saturated heterocycles. The molecular formula is C14H18BrClN2O2. The van der Waals surface area contributed by atoms with Gasteiger partial charge in [0.2, 0.25) is 5.91 Å². The summed E-state index contributed by atoms with van der Waals surface area (Å²) < 4.78 is 6.27. The first-order chi connectivity index (χ1) is 9.60. The van der Waals surface area contributed by atoms with Gasteiger partial charge in [-0.05, 0) is 47.8 Å². The van der Waals surface area contributed by atoms with Crippen LogP contribution in [0.4, 0.5) is 5.69 Å². The van der Waals surface area contributed by atoms with Crippen LogP contribution in [-0.4, -0.2) is 25.1 Å². The number of amides is 1. The maximum atomic E-state index is 11.9. The number of carbonyl (C=O) groups is 1. The molecule has 1 aromatic carbocycles. The second kappa shape index (κ2) is 7.29. The van der Waals surface area contributed by atoms with Gasteiger partial charge in [-0.25, -0.2) is 0 Å². The molecule has 1 amide bonds. The fourth-order valence-electron chi connectivity index (χ4n) is 1.83. The van der Waals surface area contributed by atoms with Crippen LogP contribution in [0.15, 0.2) is 16.6 Å². The Morgan fingerprint density at radius 2 is 2.25 bits per heavy atom. The molecule has 4 nitrogen and oxygen atoms in total. The van der Waals surface area contributed by atoms with E-state index in [1.807, 2.05) is 6.92 Å². The zero-order chi connectivity index (χ0) is 14.5. The van der Waals surface area contributed by atoms with Crippen LogP contribution in [0.5, 0.6) is 5.75 Å². The normalized spacial score (nSPS) is 14.2. The van der Waals surface area contributed by atoms with Crippen LogP contribution in [0, 0.1) is 0 Å². The van der Waals surface area contributed by atoms with Crippen LogP contribution in [0.25, 0.3) is 0 Å². The van der Waals surface area contributed by atoms with Crippen molar-refractivity contribution in [3.63, 3.8) is 0 Å². The average Bonchev–Trinajstić information content (AvgIpc) is 3.17. The molecule has 20 heavy (non-hydrogen) atoms. The Balaban J connectivity index is 1.96. The van der Waals surface area contributed by atoms with Crippen molar-refractivity contribution in [1.29, 1.82) is 0 Å². The summed E-state index contributed by atoms with van der Waals surface area (Å²) in [4.78, 5) is 11.9. The molecular weight excluding hydrogens is 344 g/mol. The van der Waals surface area contributed by atoms with Crippen LogP contribution in [0.1, 0.15) is 26.2 Å². The summed E-state index contributed by atoms with van der Waals surface area (Å²) >= 11 is 9.41. The standard InChI is InChI=1S/C14H18BrClN2O2/c1-2-20-14-11(15)7-9(16)8-12(14)18-13(19)5-6-17-10-3-4-10/h7-8,10,17H,2-6H2,1H3,(H,18,19). The van der Waals surface area contributed by atoms with Crippen LogP contribution >= 0.6 is 27.5 Å². The lowest BCUT2D eigenvalue weighted by Gasteiger charge is -2.14. The summed E-state index contributed by atoms with van der Waals surface area (Å²) in [6.45, 7) is 3.11. The first-order valence-corrected chi connectivity index (χ1v) is 7.92. The third-order valence-electron chi connectivity index (χ3n) is 2.93. The molecule has 0 spiro atoms. The predicted octanol–water partition coefficient (Wildman–Crippen LogP) is 3.58. The molecule has 1 fully saturated rings. The van der Waals surface area contributed by atoms with Gasteiger partial charge in [-0.15, -0.1) is 0 Å². The molecule has 0 heterocycles. The monoisotopic (exact) mass is 360 g/mol. The van der Waals surface area contributed by atoms with Crippen molar-refractivity contribution in [3.8, 4) is 5.75 Å². The first-order valence-electron chi connectivity index (χ1n) is 6.75. The minimum absolute atomic E-state index is 0.0479. The summed E-state index contributed by atoms with van der Waals surface area (Å²) in [5, 5.41) is 6.71. The lowest BCUT2D eigenvalue weighted by atomic mass is 10.2. The Labute approximate surface area is 132 Å². The van der Waals surface area contributed by atoms with Crippen LogP contribution < -0.4 is 15.4 Å². The number of benzene rings is 1. The average molecular weight is 362 g/mol. The number of rotatable bonds is 7. The number of hydrogen-bond donors (Lipinski definition) is 2. The topological polar surface area (TPSA) is 50.4 Å². The minimum Gasteiger partial charge on any atom is -0.491 e. The Morgan fingerprint density at radius 1 is 1.50 bits per heavy atom. The van der Waals surface area contributed by atoms with E-state index in [1.54, 1.807) is 12.1 Å². The van der Waals surface area contributed by atoms with E-state index >= 15 is 0 Å². The summed E-state index contributed by atoms with van der Waals surface area (Å²) in [5.41, 5.74) is 0.600. The third kappa shape index (κ3) is 4.65. The third-order valence-corrected chi connectivity index (χ3v) is 3.74. The van der Waals surface area contributed by atoms with Gasteiger partial charge >= 0.3 is 0 Å².